The highest BCUT2D eigenvalue weighted by Crippen LogP contribution is 2.02. The fourth-order valence-electron chi connectivity index (χ4n) is 0.476. The summed E-state index contributed by atoms with van der Waals surface area (Å²) in [5.74, 6) is 5.19. The van der Waals surface area contributed by atoms with Gasteiger partial charge in [-0.3, -0.25) is 4.79 Å². The van der Waals surface area contributed by atoms with Crippen molar-refractivity contribution < 1.29 is 0 Å². The van der Waals surface area contributed by atoms with E-state index < -0.39 is 0 Å². The molecule has 0 aliphatic heterocycles. The molecule has 48 valence electrons. The maximum absolute atomic E-state index is 10.6. The van der Waals surface area contributed by atoms with Crippen molar-refractivity contribution in [1.82, 2.24) is 4.68 Å². The van der Waals surface area contributed by atoms with Crippen molar-refractivity contribution in [2.75, 3.05) is 5.84 Å². The van der Waals surface area contributed by atoms with E-state index in [1.807, 2.05) is 0 Å². The molecule has 0 aliphatic carbocycles. The lowest BCUT2D eigenvalue weighted by Crippen LogP contribution is -2.25. The van der Waals surface area contributed by atoms with E-state index in [-0.39, 0.29) is 5.56 Å². The van der Waals surface area contributed by atoms with Crippen LogP contribution in [0.2, 0.25) is 0 Å². The van der Waals surface area contributed by atoms with Gasteiger partial charge in [-0.15, -0.1) is 0 Å². The minimum absolute atomic E-state index is 0.210. The zero-order chi connectivity index (χ0) is 6.85. The monoisotopic (exact) mass is 188 g/mol. The molecule has 1 heterocycles. The summed E-state index contributed by atoms with van der Waals surface area (Å²) in [4.78, 5) is 10.6. The second-order valence-electron chi connectivity index (χ2n) is 1.59. The average molecular weight is 189 g/mol. The van der Waals surface area contributed by atoms with Gasteiger partial charge in [0.25, 0.3) is 5.56 Å². The van der Waals surface area contributed by atoms with Gasteiger partial charge in [-0.1, -0.05) is 0 Å². The first kappa shape index (κ1) is 6.35. The van der Waals surface area contributed by atoms with Crippen LogP contribution in [0.5, 0.6) is 0 Å². The highest BCUT2D eigenvalue weighted by molar-refractivity contribution is 9.10. The Labute approximate surface area is 60.2 Å². The Morgan fingerprint density at radius 2 is 2.22 bits per heavy atom. The summed E-state index contributed by atoms with van der Waals surface area (Å²) < 4.78 is 1.81. The van der Waals surface area contributed by atoms with Crippen molar-refractivity contribution in [1.29, 1.82) is 0 Å². The van der Waals surface area contributed by atoms with Crippen LogP contribution in [0.15, 0.2) is 27.6 Å². The van der Waals surface area contributed by atoms with Crippen LogP contribution in [0.3, 0.4) is 0 Å². The molecule has 9 heavy (non-hydrogen) atoms. The van der Waals surface area contributed by atoms with Crippen LogP contribution in [0.1, 0.15) is 0 Å². The summed E-state index contributed by atoms with van der Waals surface area (Å²) in [7, 11) is 0. The van der Waals surface area contributed by atoms with Crippen LogP contribution in [-0.2, 0) is 0 Å². The average Bonchev–Trinajstić information content (AvgIpc) is 1.80. The molecular weight excluding hydrogens is 184 g/mol. The number of nitrogen functional groups attached to an aromatic ring is 1. The van der Waals surface area contributed by atoms with Crippen LogP contribution < -0.4 is 11.4 Å². The van der Waals surface area contributed by atoms with E-state index in [0.717, 1.165) is 9.15 Å². The molecule has 0 radical (unpaired) electrons. The molecule has 1 aromatic rings. The molecule has 0 bridgehead atoms. The largest absolute Gasteiger partial charge is 0.336 e. The topological polar surface area (TPSA) is 48.0 Å². The number of nitrogens with zero attached hydrogens (tertiary/aromatic N) is 1. The second kappa shape index (κ2) is 2.23. The third-order valence-electron chi connectivity index (χ3n) is 0.902. The predicted molar refractivity (Wildman–Crippen MR) is 38.6 cm³/mol. The van der Waals surface area contributed by atoms with Crippen LogP contribution in [0, 0.1) is 0 Å². The summed E-state index contributed by atoms with van der Waals surface area (Å²) >= 11 is 3.16. The summed E-state index contributed by atoms with van der Waals surface area (Å²) in [5, 5.41) is 0. The van der Waals surface area contributed by atoms with E-state index in [1.165, 1.54) is 12.3 Å². The van der Waals surface area contributed by atoms with Gasteiger partial charge >= 0.3 is 0 Å². The summed E-state index contributed by atoms with van der Waals surface area (Å²) in [6.07, 6.45) is 1.50. The Kier molecular flexibility index (Phi) is 1.57. The third kappa shape index (κ3) is 1.32. The molecule has 0 aliphatic rings. The molecule has 0 saturated heterocycles. The fraction of sp³-hybridized carbons (Fsp3) is 0. The van der Waals surface area contributed by atoms with E-state index in [0.29, 0.717) is 0 Å². The minimum Gasteiger partial charge on any atom is -0.336 e. The fourth-order valence-corrected chi connectivity index (χ4v) is 0.829. The van der Waals surface area contributed by atoms with Crippen LogP contribution in [0.25, 0.3) is 0 Å². The van der Waals surface area contributed by atoms with Crippen molar-refractivity contribution in [3.63, 3.8) is 0 Å². The Morgan fingerprint density at radius 3 is 2.67 bits per heavy atom. The maximum atomic E-state index is 10.6. The van der Waals surface area contributed by atoms with Crippen molar-refractivity contribution in [3.8, 4) is 0 Å². The Hall–Kier alpha value is -0.770. The van der Waals surface area contributed by atoms with Gasteiger partial charge in [-0.25, -0.2) is 4.68 Å². The van der Waals surface area contributed by atoms with E-state index in [1.54, 1.807) is 6.07 Å². The van der Waals surface area contributed by atoms with Crippen molar-refractivity contribution >= 4 is 15.9 Å². The molecule has 0 unspecified atom stereocenters. The third-order valence-corrected chi connectivity index (χ3v) is 1.37. The quantitative estimate of drug-likeness (QED) is 0.597. The first-order chi connectivity index (χ1) is 4.20. The van der Waals surface area contributed by atoms with Gasteiger partial charge in [0.1, 0.15) is 0 Å². The first-order valence-electron chi connectivity index (χ1n) is 2.33. The normalized spacial score (nSPS) is 9.44. The van der Waals surface area contributed by atoms with E-state index in [9.17, 15) is 4.79 Å². The van der Waals surface area contributed by atoms with E-state index >= 15 is 0 Å². The van der Waals surface area contributed by atoms with Gasteiger partial charge in [-0.2, -0.15) is 0 Å². The van der Waals surface area contributed by atoms with Crippen molar-refractivity contribution in [3.05, 3.63) is 33.2 Å². The summed E-state index contributed by atoms with van der Waals surface area (Å²) in [6, 6.07) is 3.04. The summed E-state index contributed by atoms with van der Waals surface area (Å²) in [6.45, 7) is 0. The molecule has 0 fully saturated rings. The number of hydrogen-bond acceptors (Lipinski definition) is 2. The molecule has 3 nitrogen and oxygen atoms in total. The number of aromatic nitrogens is 1. The first-order valence-corrected chi connectivity index (χ1v) is 3.13. The Bertz CT molecular complexity index is 268. The lowest BCUT2D eigenvalue weighted by molar-refractivity contribution is 0.931. The summed E-state index contributed by atoms with van der Waals surface area (Å²) in [5.41, 5.74) is -0.210. The van der Waals surface area contributed by atoms with Crippen LogP contribution >= 0.6 is 15.9 Å². The number of halogens is 1. The molecule has 0 aromatic carbocycles. The molecule has 4 heteroatoms. The zero-order valence-electron chi connectivity index (χ0n) is 4.54. The second-order valence-corrected chi connectivity index (χ2v) is 2.51. The molecule has 0 atom stereocenters. The maximum Gasteiger partial charge on any atom is 0.268 e. The zero-order valence-corrected chi connectivity index (χ0v) is 6.13. The van der Waals surface area contributed by atoms with E-state index in [2.05, 4.69) is 15.9 Å². The molecule has 1 aromatic heterocycles. The molecule has 0 spiro atoms. The SMILES string of the molecule is Nn1cc(Br)ccc1=O. The lowest BCUT2D eigenvalue weighted by Gasteiger charge is -1.93. The minimum atomic E-state index is -0.210. The van der Waals surface area contributed by atoms with Crippen LogP contribution in [0.4, 0.5) is 0 Å². The molecule has 2 N–H and O–H groups in total. The van der Waals surface area contributed by atoms with Gasteiger partial charge < -0.3 is 5.84 Å². The number of nitrogens with two attached hydrogens (primary N) is 1. The number of pyridine rings is 1. The van der Waals surface area contributed by atoms with Crippen LogP contribution in [-0.4, -0.2) is 4.68 Å². The Balaban J connectivity index is 3.34. The van der Waals surface area contributed by atoms with Gasteiger partial charge in [-0.05, 0) is 22.0 Å². The van der Waals surface area contributed by atoms with Crippen molar-refractivity contribution in [2.24, 2.45) is 0 Å². The highest BCUT2D eigenvalue weighted by Gasteiger charge is 1.88. The Morgan fingerprint density at radius 1 is 1.56 bits per heavy atom. The lowest BCUT2D eigenvalue weighted by atomic mass is 10.5. The van der Waals surface area contributed by atoms with Gasteiger partial charge in [0.15, 0.2) is 0 Å². The number of rotatable bonds is 0. The standard InChI is InChI=1S/C5H5BrN2O/c6-4-1-2-5(9)8(7)3-4/h1-3H,7H2. The molecule has 1 rings (SSSR count). The molecule has 0 amide bonds. The smallest absolute Gasteiger partial charge is 0.268 e. The predicted octanol–water partition coefficient (Wildman–Crippen LogP) is 0.325. The van der Waals surface area contributed by atoms with Crippen molar-refractivity contribution in [2.45, 2.75) is 0 Å². The molecule has 0 saturated carbocycles. The highest BCUT2D eigenvalue weighted by atomic mass is 79.9. The van der Waals surface area contributed by atoms with Gasteiger partial charge in [0.05, 0.1) is 0 Å². The number of hydrogen-bond donors (Lipinski definition) is 1. The van der Waals surface area contributed by atoms with Gasteiger partial charge in [0, 0.05) is 16.7 Å². The molecular formula is C5H5BrN2O. The van der Waals surface area contributed by atoms with E-state index in [4.69, 9.17) is 5.84 Å². The van der Waals surface area contributed by atoms with Gasteiger partial charge in [0.2, 0.25) is 0 Å².